The van der Waals surface area contributed by atoms with Gasteiger partial charge in [-0.2, -0.15) is 10.5 Å². The summed E-state index contributed by atoms with van der Waals surface area (Å²) >= 11 is 0. The molecule has 1 aliphatic carbocycles. The lowest BCUT2D eigenvalue weighted by molar-refractivity contribution is 0.0609. The first-order valence-electron chi connectivity index (χ1n) is 13.0. The highest BCUT2D eigenvalue weighted by molar-refractivity contribution is 6.11. The number of benzene rings is 2. The van der Waals surface area contributed by atoms with Gasteiger partial charge in [-0.15, -0.1) is 0 Å². The van der Waals surface area contributed by atoms with E-state index in [4.69, 9.17) is 0 Å². The molecule has 5 rings (SSSR count). The van der Waals surface area contributed by atoms with Crippen molar-refractivity contribution in [1.29, 1.82) is 10.5 Å². The molecule has 0 saturated heterocycles. The minimum absolute atomic E-state index is 0.0429. The van der Waals surface area contributed by atoms with Gasteiger partial charge in [0.1, 0.15) is 12.1 Å². The molecule has 0 saturated carbocycles. The minimum Gasteiger partial charge on any atom is -0.289 e. The standard InChI is InChI=1S/C32H33N3O/c1-22-11-15-24(16-12-22)29(36)28-19-32(25-17-13-23(2)14-18-25)27-10-8-6-5-7-9-26(27)31(20-33,21-34)35(32)30(28,3)4/h11-19H,5-10H2,1-4H3. The van der Waals surface area contributed by atoms with Crippen molar-refractivity contribution in [3.8, 4) is 12.1 Å². The first-order valence-corrected chi connectivity index (χ1v) is 13.0. The fraction of sp³-hybridized carbons (Fsp3) is 0.406. The van der Waals surface area contributed by atoms with Crippen molar-refractivity contribution in [3.05, 3.63) is 93.6 Å². The van der Waals surface area contributed by atoms with Crippen LogP contribution in [0.5, 0.6) is 0 Å². The van der Waals surface area contributed by atoms with Gasteiger partial charge in [-0.05, 0) is 76.2 Å². The zero-order valence-electron chi connectivity index (χ0n) is 21.7. The van der Waals surface area contributed by atoms with Crippen molar-refractivity contribution in [1.82, 2.24) is 4.90 Å². The Kier molecular flexibility index (Phi) is 5.77. The fourth-order valence-corrected chi connectivity index (χ4v) is 6.79. The molecule has 1 atom stereocenters. The van der Waals surface area contributed by atoms with Crippen LogP contribution in [0.2, 0.25) is 0 Å². The Morgan fingerprint density at radius 3 is 1.89 bits per heavy atom. The smallest absolute Gasteiger partial charge is 0.220 e. The number of rotatable bonds is 3. The van der Waals surface area contributed by atoms with Crippen molar-refractivity contribution in [2.75, 3.05) is 0 Å². The number of carbonyl (C=O) groups is 1. The maximum absolute atomic E-state index is 14.0. The molecule has 4 heteroatoms. The molecule has 3 aliphatic rings. The molecule has 0 fully saturated rings. The lowest BCUT2D eigenvalue weighted by atomic mass is 9.76. The highest BCUT2D eigenvalue weighted by Gasteiger charge is 2.68. The van der Waals surface area contributed by atoms with Crippen LogP contribution in [0.25, 0.3) is 0 Å². The third-order valence-corrected chi connectivity index (χ3v) is 8.50. The van der Waals surface area contributed by atoms with Crippen LogP contribution in [0.4, 0.5) is 0 Å². The highest BCUT2D eigenvalue weighted by atomic mass is 16.1. The van der Waals surface area contributed by atoms with E-state index in [1.54, 1.807) is 0 Å². The van der Waals surface area contributed by atoms with E-state index in [-0.39, 0.29) is 5.78 Å². The van der Waals surface area contributed by atoms with Gasteiger partial charge in [-0.3, -0.25) is 4.79 Å². The predicted octanol–water partition coefficient (Wildman–Crippen LogP) is 6.85. The van der Waals surface area contributed by atoms with Crippen molar-refractivity contribution >= 4 is 5.78 Å². The molecule has 0 N–H and O–H groups in total. The van der Waals surface area contributed by atoms with Crippen molar-refractivity contribution in [3.63, 3.8) is 0 Å². The molecule has 182 valence electrons. The molecular weight excluding hydrogens is 442 g/mol. The number of hydrogen-bond acceptors (Lipinski definition) is 4. The van der Waals surface area contributed by atoms with E-state index >= 15 is 0 Å². The number of aryl methyl sites for hydroxylation is 2. The summed E-state index contributed by atoms with van der Waals surface area (Å²) in [5.74, 6) is -0.0429. The first-order chi connectivity index (χ1) is 17.2. The minimum atomic E-state index is -1.42. The van der Waals surface area contributed by atoms with Gasteiger partial charge in [0.05, 0.1) is 5.54 Å². The Hall–Kier alpha value is -3.47. The quantitative estimate of drug-likeness (QED) is 0.359. The molecule has 0 bridgehead atoms. The topological polar surface area (TPSA) is 67.9 Å². The lowest BCUT2D eigenvalue weighted by Gasteiger charge is -2.46. The summed E-state index contributed by atoms with van der Waals surface area (Å²) in [6.45, 7) is 8.07. The van der Waals surface area contributed by atoms with Gasteiger partial charge in [0.2, 0.25) is 5.54 Å². The van der Waals surface area contributed by atoms with Crippen LogP contribution < -0.4 is 0 Å². The number of Topliss-reactive ketones (excluding diaryl/α,β-unsaturated/α-hetero) is 1. The first kappa shape index (κ1) is 24.2. The van der Waals surface area contributed by atoms with Gasteiger partial charge >= 0.3 is 0 Å². The second kappa shape index (κ2) is 8.58. The maximum atomic E-state index is 14.0. The number of nitrogens with zero attached hydrogens (tertiary/aromatic N) is 3. The summed E-state index contributed by atoms with van der Waals surface area (Å²) in [4.78, 5) is 16.1. The van der Waals surface area contributed by atoms with Crippen molar-refractivity contribution in [2.24, 2.45) is 0 Å². The number of carbonyl (C=O) groups excluding carboxylic acids is 1. The second-order valence-electron chi connectivity index (χ2n) is 11.1. The summed E-state index contributed by atoms with van der Waals surface area (Å²) in [7, 11) is 0. The number of ketones is 1. The zero-order valence-corrected chi connectivity index (χ0v) is 21.7. The lowest BCUT2D eigenvalue weighted by Crippen LogP contribution is -2.59. The van der Waals surface area contributed by atoms with Gasteiger partial charge in [0.15, 0.2) is 5.78 Å². The van der Waals surface area contributed by atoms with Crippen LogP contribution in [-0.2, 0) is 5.54 Å². The van der Waals surface area contributed by atoms with Crippen LogP contribution in [0.15, 0.2) is 71.3 Å². The SMILES string of the molecule is Cc1ccc(C(=O)C2=CC3(c4ccc(C)cc4)C4=C(CCCCCC4)C(C#N)(C#N)N3C2(C)C)cc1. The molecule has 2 aromatic rings. The molecule has 0 amide bonds. The Bertz CT molecular complexity index is 1350. The predicted molar refractivity (Wildman–Crippen MR) is 141 cm³/mol. The molecule has 4 nitrogen and oxygen atoms in total. The third-order valence-electron chi connectivity index (χ3n) is 8.50. The molecular formula is C32H33N3O. The van der Waals surface area contributed by atoms with Gasteiger partial charge < -0.3 is 0 Å². The maximum Gasteiger partial charge on any atom is 0.220 e. The average Bonchev–Trinajstić information content (AvgIpc) is 3.24. The van der Waals surface area contributed by atoms with E-state index in [0.29, 0.717) is 11.1 Å². The van der Waals surface area contributed by atoms with E-state index in [2.05, 4.69) is 54.3 Å². The Morgan fingerprint density at radius 1 is 0.806 bits per heavy atom. The zero-order chi connectivity index (χ0) is 25.7. The number of hydrogen-bond donors (Lipinski definition) is 0. The molecule has 0 aromatic heterocycles. The molecule has 36 heavy (non-hydrogen) atoms. The third kappa shape index (κ3) is 3.25. The van der Waals surface area contributed by atoms with Gasteiger partial charge in [-0.25, -0.2) is 4.90 Å². The number of nitriles is 2. The van der Waals surface area contributed by atoms with Gasteiger partial charge in [0, 0.05) is 16.7 Å². The summed E-state index contributed by atoms with van der Waals surface area (Å²) in [5, 5.41) is 21.4. The van der Waals surface area contributed by atoms with Gasteiger partial charge in [0.25, 0.3) is 0 Å². The van der Waals surface area contributed by atoms with Crippen LogP contribution in [-0.4, -0.2) is 21.8 Å². The van der Waals surface area contributed by atoms with Crippen molar-refractivity contribution < 1.29 is 4.79 Å². The molecule has 1 unspecified atom stereocenters. The molecule has 0 spiro atoms. The Morgan fingerprint density at radius 2 is 1.33 bits per heavy atom. The number of fused-ring (bicyclic) bond motifs is 2. The normalized spacial score (nSPS) is 24.6. The molecule has 2 heterocycles. The summed E-state index contributed by atoms with van der Waals surface area (Å²) in [6.07, 6.45) is 7.90. The Labute approximate surface area is 214 Å². The summed E-state index contributed by atoms with van der Waals surface area (Å²) in [6, 6.07) is 21.0. The highest BCUT2D eigenvalue weighted by Crippen LogP contribution is 2.63. The monoisotopic (exact) mass is 475 g/mol. The van der Waals surface area contributed by atoms with Crippen LogP contribution in [0.3, 0.4) is 0 Å². The second-order valence-corrected chi connectivity index (χ2v) is 11.1. The average molecular weight is 476 g/mol. The van der Waals surface area contributed by atoms with Crippen LogP contribution >= 0.6 is 0 Å². The van der Waals surface area contributed by atoms with Crippen LogP contribution in [0.1, 0.15) is 79.4 Å². The van der Waals surface area contributed by atoms with Gasteiger partial charge in [-0.1, -0.05) is 72.5 Å². The van der Waals surface area contributed by atoms with E-state index in [9.17, 15) is 15.3 Å². The fourth-order valence-electron chi connectivity index (χ4n) is 6.79. The molecule has 2 aromatic carbocycles. The summed E-state index contributed by atoms with van der Waals surface area (Å²) < 4.78 is 0. The largest absolute Gasteiger partial charge is 0.289 e. The molecule has 0 radical (unpaired) electrons. The molecule has 2 aliphatic heterocycles. The van der Waals surface area contributed by atoms with E-state index in [1.807, 2.05) is 45.0 Å². The van der Waals surface area contributed by atoms with E-state index in [1.165, 1.54) is 0 Å². The van der Waals surface area contributed by atoms with Crippen molar-refractivity contribution in [2.45, 2.75) is 82.8 Å². The van der Waals surface area contributed by atoms with E-state index in [0.717, 1.165) is 66.4 Å². The van der Waals surface area contributed by atoms with E-state index < -0.39 is 16.6 Å². The Balaban J connectivity index is 1.83. The van der Waals surface area contributed by atoms with Crippen LogP contribution in [0, 0.1) is 36.5 Å². The summed E-state index contributed by atoms with van der Waals surface area (Å²) in [5.41, 5.74) is 3.59.